The number of aliphatic hydroxyl groups is 1. The van der Waals surface area contributed by atoms with Gasteiger partial charge in [0.05, 0.1) is 21.3 Å². The molecule has 1 aromatic carbocycles. The molecule has 7 heteroatoms. The molecule has 0 saturated heterocycles. The minimum Gasteiger partial charge on any atom is -0.493 e. The number of ether oxygens (including phenoxy) is 4. The van der Waals surface area contributed by atoms with Crippen LogP contribution in [0.4, 0.5) is 0 Å². The molecule has 1 heterocycles. The maximum absolute atomic E-state index is 12.7. The number of carbonyl (C=O) groups excluding carboxylic acids is 1. The van der Waals surface area contributed by atoms with E-state index in [4.69, 9.17) is 18.9 Å². The fourth-order valence-corrected chi connectivity index (χ4v) is 3.46. The van der Waals surface area contributed by atoms with Crippen LogP contribution in [-0.2, 0) is 9.53 Å². The summed E-state index contributed by atoms with van der Waals surface area (Å²) in [5.41, 5.74) is 0.336. The molecule has 2 aliphatic rings. The average molecular weight is 401 g/mol. The first-order valence-electron chi connectivity index (χ1n) is 9.30. The van der Waals surface area contributed by atoms with Crippen molar-refractivity contribution < 1.29 is 28.8 Å². The third kappa shape index (κ3) is 3.82. The Bertz CT molecular complexity index is 1000. The highest BCUT2D eigenvalue weighted by atomic mass is 16.5. The summed E-state index contributed by atoms with van der Waals surface area (Å²) in [4.78, 5) is 12.7. The van der Waals surface area contributed by atoms with Gasteiger partial charge < -0.3 is 29.4 Å². The predicted octanol–water partition coefficient (Wildman–Crippen LogP) is 0.772. The SMILES string of the molecule is COc1cc2c(c(OC)c1OC)=C1C=CC=CC1OC=2C(O)C(=O)NC(C)(C)C. The number of fused-ring (bicyclic) bond motifs is 2. The van der Waals surface area contributed by atoms with Crippen molar-refractivity contribution in [3.05, 3.63) is 40.8 Å². The monoisotopic (exact) mass is 401 g/mol. The van der Waals surface area contributed by atoms with Gasteiger partial charge in [-0.1, -0.05) is 18.2 Å². The van der Waals surface area contributed by atoms with E-state index < -0.39 is 23.7 Å². The second kappa shape index (κ2) is 7.83. The Labute approximate surface area is 169 Å². The molecule has 1 aromatic rings. The van der Waals surface area contributed by atoms with E-state index in [1.165, 1.54) is 21.3 Å². The van der Waals surface area contributed by atoms with Crippen molar-refractivity contribution in [1.82, 2.24) is 5.32 Å². The number of amides is 1. The molecule has 2 unspecified atom stereocenters. The highest BCUT2D eigenvalue weighted by Gasteiger charge is 2.33. The molecule has 29 heavy (non-hydrogen) atoms. The lowest BCUT2D eigenvalue weighted by Gasteiger charge is -2.30. The van der Waals surface area contributed by atoms with Crippen LogP contribution in [0.15, 0.2) is 30.4 Å². The molecular formula is C22H27NO6. The van der Waals surface area contributed by atoms with Gasteiger partial charge in [-0.2, -0.15) is 0 Å². The molecule has 0 fully saturated rings. The first-order chi connectivity index (χ1) is 13.7. The Morgan fingerprint density at radius 2 is 1.83 bits per heavy atom. The van der Waals surface area contributed by atoms with Gasteiger partial charge in [0, 0.05) is 21.5 Å². The van der Waals surface area contributed by atoms with Crippen LogP contribution in [0.25, 0.3) is 11.3 Å². The summed E-state index contributed by atoms with van der Waals surface area (Å²) in [6.07, 6.45) is 5.54. The summed E-state index contributed by atoms with van der Waals surface area (Å²) in [5, 5.41) is 14.9. The highest BCUT2D eigenvalue weighted by Crippen LogP contribution is 2.35. The third-order valence-electron chi connectivity index (χ3n) is 4.61. The van der Waals surface area contributed by atoms with Gasteiger partial charge in [0.15, 0.2) is 17.6 Å². The summed E-state index contributed by atoms with van der Waals surface area (Å²) in [6, 6.07) is 1.69. The van der Waals surface area contributed by atoms with Crippen molar-refractivity contribution in [3.8, 4) is 17.2 Å². The van der Waals surface area contributed by atoms with E-state index in [9.17, 15) is 9.90 Å². The minimum absolute atomic E-state index is 0.134. The van der Waals surface area contributed by atoms with E-state index in [0.717, 1.165) is 5.57 Å². The first-order valence-corrected chi connectivity index (χ1v) is 9.30. The van der Waals surface area contributed by atoms with Crippen molar-refractivity contribution in [1.29, 1.82) is 0 Å². The first kappa shape index (κ1) is 20.8. The molecule has 1 aliphatic heterocycles. The number of benzene rings is 1. The Morgan fingerprint density at radius 1 is 1.14 bits per heavy atom. The summed E-state index contributed by atoms with van der Waals surface area (Å²) < 4.78 is 22.7. The molecule has 0 bridgehead atoms. The summed E-state index contributed by atoms with van der Waals surface area (Å²) >= 11 is 0. The number of aliphatic hydroxyl groups excluding tert-OH is 1. The number of hydrogen-bond acceptors (Lipinski definition) is 6. The topological polar surface area (TPSA) is 86.2 Å². The number of hydrogen-bond donors (Lipinski definition) is 2. The van der Waals surface area contributed by atoms with Gasteiger partial charge >= 0.3 is 0 Å². The average Bonchev–Trinajstić information content (AvgIpc) is 2.69. The van der Waals surface area contributed by atoms with Gasteiger partial charge in [-0.25, -0.2) is 0 Å². The van der Waals surface area contributed by atoms with Crippen LogP contribution < -0.4 is 30.0 Å². The van der Waals surface area contributed by atoms with Crippen LogP contribution in [0.2, 0.25) is 0 Å². The van der Waals surface area contributed by atoms with E-state index >= 15 is 0 Å². The molecule has 1 amide bonds. The predicted molar refractivity (Wildman–Crippen MR) is 109 cm³/mol. The van der Waals surface area contributed by atoms with Crippen LogP contribution in [-0.4, -0.2) is 50.1 Å². The van der Waals surface area contributed by atoms with Crippen LogP contribution in [0.3, 0.4) is 0 Å². The second-order valence-corrected chi connectivity index (χ2v) is 7.81. The van der Waals surface area contributed by atoms with Gasteiger partial charge in [-0.05, 0) is 32.9 Å². The van der Waals surface area contributed by atoms with Gasteiger partial charge in [0.2, 0.25) is 5.75 Å². The molecule has 3 rings (SSSR count). The molecule has 0 saturated carbocycles. The fourth-order valence-electron chi connectivity index (χ4n) is 3.46. The number of allylic oxidation sites excluding steroid dienone is 2. The van der Waals surface area contributed by atoms with Crippen molar-refractivity contribution in [2.75, 3.05) is 21.3 Å². The van der Waals surface area contributed by atoms with E-state index in [1.54, 1.807) is 6.07 Å². The zero-order chi connectivity index (χ0) is 21.3. The van der Waals surface area contributed by atoms with Crippen molar-refractivity contribution >= 4 is 17.2 Å². The van der Waals surface area contributed by atoms with E-state index in [0.29, 0.717) is 27.7 Å². The summed E-state index contributed by atoms with van der Waals surface area (Å²) in [7, 11) is 4.57. The lowest BCUT2D eigenvalue weighted by Crippen LogP contribution is -2.50. The standard InChI is InChI=1S/C22H27NO6/c1-22(2,3)23-21(25)17(24)18-13-11-15(26-4)19(27-5)20(28-6)16(13)12-9-7-8-10-14(12)29-18/h7-11,14,17,24H,1-6H3,(H,23,25). The zero-order valence-electron chi connectivity index (χ0n) is 17.5. The van der Waals surface area contributed by atoms with Crippen LogP contribution in [0.5, 0.6) is 17.2 Å². The second-order valence-electron chi connectivity index (χ2n) is 7.81. The lowest BCUT2D eigenvalue weighted by atomic mass is 9.95. The van der Waals surface area contributed by atoms with Gasteiger partial charge in [0.1, 0.15) is 11.9 Å². The molecule has 0 aromatic heterocycles. The molecular weight excluding hydrogens is 374 g/mol. The third-order valence-corrected chi connectivity index (χ3v) is 4.61. The van der Waals surface area contributed by atoms with Gasteiger partial charge in [-0.3, -0.25) is 4.79 Å². The maximum Gasteiger partial charge on any atom is 0.257 e. The summed E-state index contributed by atoms with van der Waals surface area (Å²) in [5.74, 6) is 0.867. The maximum atomic E-state index is 12.7. The van der Waals surface area contributed by atoms with Crippen LogP contribution in [0.1, 0.15) is 20.8 Å². The Hall–Kier alpha value is -2.93. The van der Waals surface area contributed by atoms with E-state index in [1.807, 2.05) is 45.1 Å². The molecule has 1 aliphatic carbocycles. The zero-order valence-corrected chi connectivity index (χ0v) is 17.5. The molecule has 0 radical (unpaired) electrons. The quantitative estimate of drug-likeness (QED) is 0.758. The molecule has 7 nitrogen and oxygen atoms in total. The number of methoxy groups -OCH3 is 3. The van der Waals surface area contributed by atoms with Crippen molar-refractivity contribution in [3.63, 3.8) is 0 Å². The smallest absolute Gasteiger partial charge is 0.257 e. The summed E-state index contributed by atoms with van der Waals surface area (Å²) in [6.45, 7) is 5.53. The Kier molecular flexibility index (Phi) is 5.61. The molecule has 156 valence electrons. The van der Waals surface area contributed by atoms with Crippen LogP contribution in [0, 0.1) is 0 Å². The van der Waals surface area contributed by atoms with Gasteiger partial charge in [-0.15, -0.1) is 0 Å². The fraction of sp³-hybridized carbons (Fsp3) is 0.409. The van der Waals surface area contributed by atoms with Crippen molar-refractivity contribution in [2.45, 2.75) is 38.5 Å². The number of nitrogens with one attached hydrogen (secondary N) is 1. The normalized spacial score (nSPS) is 18.4. The number of carbonyl (C=O) groups is 1. The van der Waals surface area contributed by atoms with Crippen molar-refractivity contribution in [2.24, 2.45) is 0 Å². The molecule has 0 spiro atoms. The number of rotatable bonds is 5. The molecule has 2 N–H and O–H groups in total. The Morgan fingerprint density at radius 3 is 2.41 bits per heavy atom. The lowest BCUT2D eigenvalue weighted by molar-refractivity contribution is -0.129. The van der Waals surface area contributed by atoms with Crippen LogP contribution >= 0.6 is 0 Å². The highest BCUT2D eigenvalue weighted by molar-refractivity contribution is 5.90. The van der Waals surface area contributed by atoms with E-state index in [-0.39, 0.29) is 5.76 Å². The molecule has 2 atom stereocenters. The minimum atomic E-state index is -1.50. The van der Waals surface area contributed by atoms with E-state index in [2.05, 4.69) is 5.32 Å². The Balaban J connectivity index is 2.35. The largest absolute Gasteiger partial charge is 0.493 e. The van der Waals surface area contributed by atoms with Gasteiger partial charge in [0.25, 0.3) is 5.91 Å².